The van der Waals surface area contributed by atoms with Gasteiger partial charge in [0.1, 0.15) is 0 Å². The highest BCUT2D eigenvalue weighted by atomic mass is 14.7. The van der Waals surface area contributed by atoms with Crippen LogP contribution in [-0.2, 0) is 5.54 Å². The maximum Gasteiger partial charge on any atom is 0.0378 e. The lowest BCUT2D eigenvalue weighted by molar-refractivity contribution is 0.476. The molecule has 0 fully saturated rings. The SMILES string of the molecule is CC.CCC(C)(N)c1ccccc1. The fourth-order valence-corrected chi connectivity index (χ4v) is 1.02. The summed E-state index contributed by atoms with van der Waals surface area (Å²) in [5.41, 5.74) is 7.08. The number of nitrogens with two attached hydrogens (primary N) is 1. The van der Waals surface area contributed by atoms with E-state index in [2.05, 4.69) is 26.0 Å². The first-order valence-electron chi connectivity index (χ1n) is 5.01. The first-order valence-corrected chi connectivity index (χ1v) is 5.01. The summed E-state index contributed by atoms with van der Waals surface area (Å²) in [5.74, 6) is 0. The third-order valence-corrected chi connectivity index (χ3v) is 2.17. The summed E-state index contributed by atoms with van der Waals surface area (Å²) in [4.78, 5) is 0. The average Bonchev–Trinajstić information content (AvgIpc) is 2.22. The van der Waals surface area contributed by atoms with Gasteiger partial charge < -0.3 is 5.73 Å². The Kier molecular flexibility index (Phi) is 5.40. The van der Waals surface area contributed by atoms with E-state index >= 15 is 0 Å². The van der Waals surface area contributed by atoms with Gasteiger partial charge in [-0.2, -0.15) is 0 Å². The van der Waals surface area contributed by atoms with Gasteiger partial charge in [0.25, 0.3) is 0 Å². The lowest BCUT2D eigenvalue weighted by Crippen LogP contribution is -2.31. The lowest BCUT2D eigenvalue weighted by atomic mass is 9.91. The van der Waals surface area contributed by atoms with Gasteiger partial charge in [-0.25, -0.2) is 0 Å². The maximum absolute atomic E-state index is 6.04. The lowest BCUT2D eigenvalue weighted by Gasteiger charge is -2.22. The Balaban J connectivity index is 0.000000671. The van der Waals surface area contributed by atoms with Crippen LogP contribution in [0.2, 0.25) is 0 Å². The van der Waals surface area contributed by atoms with E-state index in [1.807, 2.05) is 32.0 Å². The van der Waals surface area contributed by atoms with Crippen molar-refractivity contribution in [3.05, 3.63) is 35.9 Å². The fraction of sp³-hybridized carbons (Fsp3) is 0.500. The van der Waals surface area contributed by atoms with E-state index in [9.17, 15) is 0 Å². The molecule has 0 bridgehead atoms. The number of benzene rings is 1. The molecule has 0 saturated carbocycles. The average molecular weight is 179 g/mol. The van der Waals surface area contributed by atoms with Gasteiger partial charge in [-0.15, -0.1) is 0 Å². The Labute approximate surface area is 82.0 Å². The van der Waals surface area contributed by atoms with Crippen LogP contribution in [0.5, 0.6) is 0 Å². The Bertz CT molecular complexity index is 214. The van der Waals surface area contributed by atoms with Crippen LogP contribution in [0.1, 0.15) is 39.7 Å². The van der Waals surface area contributed by atoms with Crippen LogP contribution >= 0.6 is 0 Å². The molecule has 1 unspecified atom stereocenters. The first-order chi connectivity index (χ1) is 6.17. The van der Waals surface area contributed by atoms with Crippen molar-refractivity contribution in [2.24, 2.45) is 5.73 Å². The zero-order valence-corrected chi connectivity index (χ0v) is 9.17. The fourth-order valence-electron chi connectivity index (χ4n) is 1.02. The van der Waals surface area contributed by atoms with Crippen LogP contribution < -0.4 is 5.73 Å². The van der Waals surface area contributed by atoms with E-state index in [0.29, 0.717) is 0 Å². The van der Waals surface area contributed by atoms with Gasteiger partial charge in [0.15, 0.2) is 0 Å². The molecule has 0 radical (unpaired) electrons. The molecule has 1 aromatic carbocycles. The Morgan fingerprint density at radius 2 is 1.62 bits per heavy atom. The van der Waals surface area contributed by atoms with Crippen molar-refractivity contribution in [2.45, 2.75) is 39.7 Å². The second-order valence-electron chi connectivity index (χ2n) is 3.14. The Morgan fingerprint density at radius 3 is 2.00 bits per heavy atom. The van der Waals surface area contributed by atoms with Gasteiger partial charge in [-0.05, 0) is 18.9 Å². The topological polar surface area (TPSA) is 26.0 Å². The minimum Gasteiger partial charge on any atom is -0.322 e. The highest BCUT2D eigenvalue weighted by molar-refractivity contribution is 5.22. The third kappa shape index (κ3) is 3.60. The number of hydrogen-bond donors (Lipinski definition) is 1. The monoisotopic (exact) mass is 179 g/mol. The number of rotatable bonds is 2. The van der Waals surface area contributed by atoms with Crippen molar-refractivity contribution in [3.8, 4) is 0 Å². The molecule has 1 nitrogen and oxygen atoms in total. The molecule has 1 aromatic rings. The molecule has 74 valence electrons. The van der Waals surface area contributed by atoms with Crippen LogP contribution in [0, 0.1) is 0 Å². The molecule has 1 atom stereocenters. The molecular formula is C12H21N. The zero-order chi connectivity index (χ0) is 10.3. The van der Waals surface area contributed by atoms with Gasteiger partial charge in [-0.1, -0.05) is 51.1 Å². The van der Waals surface area contributed by atoms with Gasteiger partial charge in [0.2, 0.25) is 0 Å². The van der Waals surface area contributed by atoms with Gasteiger partial charge in [-0.3, -0.25) is 0 Å². The van der Waals surface area contributed by atoms with Crippen LogP contribution in [0.15, 0.2) is 30.3 Å². The molecular weight excluding hydrogens is 158 g/mol. The summed E-state index contributed by atoms with van der Waals surface area (Å²) in [5, 5.41) is 0. The van der Waals surface area contributed by atoms with Crippen molar-refractivity contribution in [3.63, 3.8) is 0 Å². The highest BCUT2D eigenvalue weighted by Crippen LogP contribution is 2.19. The molecule has 0 amide bonds. The summed E-state index contributed by atoms with van der Waals surface area (Å²) in [7, 11) is 0. The van der Waals surface area contributed by atoms with Gasteiger partial charge in [0, 0.05) is 5.54 Å². The normalized spacial score (nSPS) is 13.9. The third-order valence-electron chi connectivity index (χ3n) is 2.17. The second-order valence-corrected chi connectivity index (χ2v) is 3.14. The van der Waals surface area contributed by atoms with Crippen molar-refractivity contribution < 1.29 is 0 Å². The molecule has 0 heterocycles. The molecule has 0 saturated heterocycles. The second kappa shape index (κ2) is 5.76. The molecule has 0 aliphatic rings. The van der Waals surface area contributed by atoms with E-state index in [4.69, 9.17) is 5.73 Å². The standard InChI is InChI=1S/C10H15N.C2H6/c1-3-10(2,11)9-7-5-4-6-8-9;1-2/h4-8H,3,11H2,1-2H3;1-2H3. The largest absolute Gasteiger partial charge is 0.322 e. The van der Waals surface area contributed by atoms with E-state index in [-0.39, 0.29) is 5.54 Å². The minimum absolute atomic E-state index is 0.165. The van der Waals surface area contributed by atoms with E-state index in [1.165, 1.54) is 5.56 Å². The molecule has 1 heteroatoms. The van der Waals surface area contributed by atoms with Crippen molar-refractivity contribution in [2.75, 3.05) is 0 Å². The van der Waals surface area contributed by atoms with E-state index in [1.54, 1.807) is 0 Å². The predicted molar refractivity (Wildman–Crippen MR) is 59.6 cm³/mol. The molecule has 0 spiro atoms. The summed E-state index contributed by atoms with van der Waals surface area (Å²) >= 11 is 0. The molecule has 0 aliphatic heterocycles. The summed E-state index contributed by atoms with van der Waals surface area (Å²) in [6.07, 6.45) is 0.969. The minimum atomic E-state index is -0.165. The van der Waals surface area contributed by atoms with Crippen molar-refractivity contribution in [1.29, 1.82) is 0 Å². The van der Waals surface area contributed by atoms with Crippen molar-refractivity contribution in [1.82, 2.24) is 0 Å². The molecule has 13 heavy (non-hydrogen) atoms. The predicted octanol–water partition coefficient (Wildman–Crippen LogP) is 3.30. The Hall–Kier alpha value is -0.820. The quantitative estimate of drug-likeness (QED) is 0.740. The highest BCUT2D eigenvalue weighted by Gasteiger charge is 2.16. The molecule has 0 aromatic heterocycles. The van der Waals surface area contributed by atoms with Gasteiger partial charge >= 0.3 is 0 Å². The number of hydrogen-bond acceptors (Lipinski definition) is 1. The zero-order valence-electron chi connectivity index (χ0n) is 9.17. The van der Waals surface area contributed by atoms with Crippen molar-refractivity contribution >= 4 is 0 Å². The molecule has 0 aliphatic carbocycles. The molecule has 1 rings (SSSR count). The van der Waals surface area contributed by atoms with Crippen LogP contribution in [0.3, 0.4) is 0 Å². The summed E-state index contributed by atoms with van der Waals surface area (Å²) < 4.78 is 0. The Morgan fingerprint density at radius 1 is 1.15 bits per heavy atom. The van der Waals surface area contributed by atoms with E-state index in [0.717, 1.165) is 6.42 Å². The summed E-state index contributed by atoms with van der Waals surface area (Å²) in [6.45, 7) is 8.16. The first kappa shape index (κ1) is 12.2. The van der Waals surface area contributed by atoms with Crippen LogP contribution in [-0.4, -0.2) is 0 Å². The van der Waals surface area contributed by atoms with Crippen LogP contribution in [0.4, 0.5) is 0 Å². The van der Waals surface area contributed by atoms with Crippen LogP contribution in [0.25, 0.3) is 0 Å². The molecule has 2 N–H and O–H groups in total. The summed E-state index contributed by atoms with van der Waals surface area (Å²) in [6, 6.07) is 10.2. The van der Waals surface area contributed by atoms with E-state index < -0.39 is 0 Å². The smallest absolute Gasteiger partial charge is 0.0378 e. The maximum atomic E-state index is 6.04. The van der Waals surface area contributed by atoms with Gasteiger partial charge in [0.05, 0.1) is 0 Å².